The first-order valence-electron chi connectivity index (χ1n) is 3.82. The molecular formula is C7H15N3O2. The topological polar surface area (TPSA) is 84.2 Å². The third kappa shape index (κ3) is 4.68. The van der Waals surface area contributed by atoms with E-state index in [-0.39, 0.29) is 5.91 Å². The second-order valence-corrected chi connectivity index (χ2v) is 2.99. The Labute approximate surface area is 71.7 Å². The molecule has 0 unspecified atom stereocenters. The van der Waals surface area contributed by atoms with Gasteiger partial charge in [0.2, 0.25) is 6.41 Å². The van der Waals surface area contributed by atoms with Crippen LogP contribution in [0.15, 0.2) is 0 Å². The first-order chi connectivity index (χ1) is 5.57. The lowest BCUT2D eigenvalue weighted by molar-refractivity contribution is -0.126. The Balaban J connectivity index is 3.68. The molecule has 0 bridgehead atoms. The van der Waals surface area contributed by atoms with Crippen molar-refractivity contribution in [3.05, 3.63) is 0 Å². The summed E-state index contributed by atoms with van der Waals surface area (Å²) in [4.78, 5) is 20.8. The van der Waals surface area contributed by atoms with Crippen molar-refractivity contribution in [2.24, 2.45) is 11.7 Å². The molecule has 70 valence electrons. The maximum atomic E-state index is 11.0. The van der Waals surface area contributed by atoms with E-state index >= 15 is 0 Å². The lowest BCUT2D eigenvalue weighted by Gasteiger charge is -2.12. The Hall–Kier alpha value is -1.10. The van der Waals surface area contributed by atoms with Gasteiger partial charge in [-0.15, -0.1) is 0 Å². The SMILES string of the molecule is CC(C)C[C@H](N)C(=O)NNC=O. The van der Waals surface area contributed by atoms with Crippen molar-refractivity contribution in [3.63, 3.8) is 0 Å². The van der Waals surface area contributed by atoms with E-state index in [0.717, 1.165) is 0 Å². The van der Waals surface area contributed by atoms with Crippen LogP contribution >= 0.6 is 0 Å². The lowest BCUT2D eigenvalue weighted by Crippen LogP contribution is -2.47. The average Bonchev–Trinajstić information content (AvgIpc) is 1.98. The third-order valence-corrected chi connectivity index (χ3v) is 1.32. The van der Waals surface area contributed by atoms with Crippen LogP contribution in [0.3, 0.4) is 0 Å². The zero-order valence-electron chi connectivity index (χ0n) is 7.33. The number of hydrogen-bond donors (Lipinski definition) is 3. The number of rotatable bonds is 5. The fraction of sp³-hybridized carbons (Fsp3) is 0.714. The Morgan fingerprint density at radius 1 is 1.58 bits per heavy atom. The van der Waals surface area contributed by atoms with E-state index in [9.17, 15) is 9.59 Å². The molecule has 5 nitrogen and oxygen atoms in total. The van der Waals surface area contributed by atoms with Crippen LogP contribution in [0.4, 0.5) is 0 Å². The van der Waals surface area contributed by atoms with Gasteiger partial charge in [0.1, 0.15) is 0 Å². The smallest absolute Gasteiger partial charge is 0.255 e. The summed E-state index contributed by atoms with van der Waals surface area (Å²) in [6.45, 7) is 3.95. The summed E-state index contributed by atoms with van der Waals surface area (Å²) in [7, 11) is 0. The molecule has 0 aromatic carbocycles. The van der Waals surface area contributed by atoms with Crippen LogP contribution < -0.4 is 16.6 Å². The van der Waals surface area contributed by atoms with Crippen molar-refractivity contribution in [1.29, 1.82) is 0 Å². The minimum atomic E-state index is -0.558. The Kier molecular flexibility index (Phi) is 5.03. The van der Waals surface area contributed by atoms with Gasteiger partial charge in [-0.3, -0.25) is 20.4 Å². The number of nitrogens with two attached hydrogens (primary N) is 1. The van der Waals surface area contributed by atoms with Gasteiger partial charge in [-0.05, 0) is 12.3 Å². The van der Waals surface area contributed by atoms with Gasteiger partial charge < -0.3 is 5.73 Å². The number of nitrogens with one attached hydrogen (secondary N) is 2. The summed E-state index contributed by atoms with van der Waals surface area (Å²) in [5, 5.41) is 0. The molecule has 0 saturated heterocycles. The molecule has 0 radical (unpaired) electrons. The minimum Gasteiger partial charge on any atom is -0.320 e. The van der Waals surface area contributed by atoms with E-state index < -0.39 is 6.04 Å². The first-order valence-corrected chi connectivity index (χ1v) is 3.82. The molecule has 0 aromatic heterocycles. The second kappa shape index (κ2) is 5.54. The summed E-state index contributed by atoms with van der Waals surface area (Å²) in [5.41, 5.74) is 9.69. The van der Waals surface area contributed by atoms with Crippen molar-refractivity contribution < 1.29 is 9.59 Å². The molecule has 2 amide bonds. The first kappa shape index (κ1) is 10.9. The zero-order chi connectivity index (χ0) is 9.56. The van der Waals surface area contributed by atoms with Crippen molar-refractivity contribution in [1.82, 2.24) is 10.9 Å². The summed E-state index contributed by atoms with van der Waals surface area (Å²) in [5.74, 6) is -0.00205. The predicted molar refractivity (Wildman–Crippen MR) is 44.8 cm³/mol. The highest BCUT2D eigenvalue weighted by molar-refractivity contribution is 5.81. The van der Waals surface area contributed by atoms with Gasteiger partial charge in [0.25, 0.3) is 5.91 Å². The van der Waals surface area contributed by atoms with E-state index in [0.29, 0.717) is 18.7 Å². The molecule has 0 aliphatic heterocycles. The number of hydrogen-bond acceptors (Lipinski definition) is 3. The van der Waals surface area contributed by atoms with E-state index in [1.165, 1.54) is 0 Å². The van der Waals surface area contributed by atoms with Gasteiger partial charge >= 0.3 is 0 Å². The van der Waals surface area contributed by atoms with Crippen molar-refractivity contribution in [2.75, 3.05) is 0 Å². The van der Waals surface area contributed by atoms with E-state index in [1.54, 1.807) is 0 Å². The largest absolute Gasteiger partial charge is 0.320 e. The lowest BCUT2D eigenvalue weighted by atomic mass is 10.0. The van der Waals surface area contributed by atoms with Crippen molar-refractivity contribution in [3.8, 4) is 0 Å². The maximum absolute atomic E-state index is 11.0. The molecule has 0 aromatic rings. The van der Waals surface area contributed by atoms with Crippen LogP contribution in [0.5, 0.6) is 0 Å². The molecule has 0 rings (SSSR count). The molecule has 0 saturated carbocycles. The van der Waals surface area contributed by atoms with Crippen LogP contribution in [0.25, 0.3) is 0 Å². The molecule has 4 N–H and O–H groups in total. The van der Waals surface area contributed by atoms with E-state index in [1.807, 2.05) is 19.3 Å². The normalized spacial score (nSPS) is 12.3. The number of hydrazine groups is 1. The van der Waals surface area contributed by atoms with Crippen LogP contribution in [-0.4, -0.2) is 18.4 Å². The monoisotopic (exact) mass is 173 g/mol. The van der Waals surface area contributed by atoms with E-state index in [4.69, 9.17) is 5.73 Å². The second-order valence-electron chi connectivity index (χ2n) is 2.99. The maximum Gasteiger partial charge on any atom is 0.255 e. The summed E-state index contributed by atoms with van der Waals surface area (Å²) < 4.78 is 0. The molecule has 0 spiro atoms. The molecule has 0 aliphatic carbocycles. The predicted octanol–water partition coefficient (Wildman–Crippen LogP) is -0.863. The average molecular weight is 173 g/mol. The molecule has 5 heteroatoms. The highest BCUT2D eigenvalue weighted by Gasteiger charge is 2.13. The number of carbonyl (C=O) groups is 2. The van der Waals surface area contributed by atoms with E-state index in [2.05, 4.69) is 5.43 Å². The third-order valence-electron chi connectivity index (χ3n) is 1.32. The van der Waals surface area contributed by atoms with Gasteiger partial charge in [-0.25, -0.2) is 0 Å². The molecule has 0 aliphatic rings. The quantitative estimate of drug-likeness (QED) is 0.373. The highest BCUT2D eigenvalue weighted by atomic mass is 16.2. The number of carbonyl (C=O) groups excluding carboxylic acids is 2. The van der Waals surface area contributed by atoms with Gasteiger partial charge in [0, 0.05) is 0 Å². The summed E-state index contributed by atoms with van der Waals surface area (Å²) in [6, 6.07) is -0.558. The highest BCUT2D eigenvalue weighted by Crippen LogP contribution is 2.01. The minimum absolute atomic E-state index is 0.363. The Morgan fingerprint density at radius 3 is 2.58 bits per heavy atom. The van der Waals surface area contributed by atoms with Crippen LogP contribution in [0, 0.1) is 5.92 Å². The van der Waals surface area contributed by atoms with Gasteiger partial charge in [0.05, 0.1) is 6.04 Å². The molecule has 1 atom stereocenters. The van der Waals surface area contributed by atoms with Gasteiger partial charge in [-0.2, -0.15) is 0 Å². The number of amides is 2. The molecule has 12 heavy (non-hydrogen) atoms. The zero-order valence-corrected chi connectivity index (χ0v) is 7.33. The summed E-state index contributed by atoms with van der Waals surface area (Å²) in [6.07, 6.45) is 0.992. The van der Waals surface area contributed by atoms with Crippen LogP contribution in [0.1, 0.15) is 20.3 Å². The Morgan fingerprint density at radius 2 is 2.17 bits per heavy atom. The van der Waals surface area contributed by atoms with Gasteiger partial charge in [-0.1, -0.05) is 13.8 Å². The molecular weight excluding hydrogens is 158 g/mol. The Bertz CT molecular complexity index is 159. The van der Waals surface area contributed by atoms with Crippen LogP contribution in [0.2, 0.25) is 0 Å². The van der Waals surface area contributed by atoms with Crippen molar-refractivity contribution in [2.45, 2.75) is 26.3 Å². The van der Waals surface area contributed by atoms with Gasteiger partial charge in [0.15, 0.2) is 0 Å². The fourth-order valence-corrected chi connectivity index (χ4v) is 0.808. The molecule has 0 heterocycles. The molecule has 0 fully saturated rings. The van der Waals surface area contributed by atoms with Crippen molar-refractivity contribution >= 4 is 12.3 Å². The standard InChI is InChI=1S/C7H15N3O2/c1-5(2)3-6(8)7(12)10-9-4-11/h4-6H,3,8H2,1-2H3,(H,9,11)(H,10,12)/t6-/m0/s1. The summed E-state index contributed by atoms with van der Waals surface area (Å²) >= 11 is 0. The van der Waals surface area contributed by atoms with Crippen LogP contribution in [-0.2, 0) is 9.59 Å². The fourth-order valence-electron chi connectivity index (χ4n) is 0.808.